The van der Waals surface area contributed by atoms with Crippen molar-refractivity contribution in [2.24, 2.45) is 0 Å². The van der Waals surface area contributed by atoms with Crippen LogP contribution < -0.4 is 0 Å². The number of nitrogens with zero attached hydrogens (tertiary/aromatic N) is 6. The van der Waals surface area contributed by atoms with Crippen molar-refractivity contribution in [1.29, 1.82) is 0 Å². The lowest BCUT2D eigenvalue weighted by atomic mass is 10.2. The van der Waals surface area contributed by atoms with E-state index in [1.54, 1.807) is 0 Å². The Bertz CT molecular complexity index is 1190. The molecule has 0 aliphatic rings. The molecule has 0 amide bonds. The molecule has 0 aliphatic heterocycles. The number of halogens is 3. The fraction of sp³-hybridized carbons (Fsp3) is 0.0667. The number of hydrogen-bond acceptors (Lipinski definition) is 8. The first-order chi connectivity index (χ1) is 13.3. The van der Waals surface area contributed by atoms with Gasteiger partial charge < -0.3 is 0 Å². The highest BCUT2D eigenvalue weighted by molar-refractivity contribution is 8.01. The van der Waals surface area contributed by atoms with Crippen LogP contribution >= 0.6 is 23.1 Å². The number of rotatable bonds is 4. The zero-order valence-electron chi connectivity index (χ0n) is 13.5. The lowest BCUT2D eigenvalue weighted by molar-refractivity contribution is -0.384. The third-order valence-electron chi connectivity index (χ3n) is 3.60. The second kappa shape index (κ2) is 6.83. The van der Waals surface area contributed by atoms with Crippen molar-refractivity contribution >= 4 is 39.0 Å². The second-order valence-corrected chi connectivity index (χ2v) is 7.66. The largest absolute Gasteiger partial charge is 0.416 e. The van der Waals surface area contributed by atoms with Gasteiger partial charge in [-0.1, -0.05) is 6.07 Å². The third kappa shape index (κ3) is 3.53. The first kappa shape index (κ1) is 18.3. The standard InChI is InChI=1S/C15H7F3N6O2S2/c16-15(17,18)8-2-1-3-9(6-8)23-13(20-21-22-23)28-14-19-11-5-4-10(24(25)26)7-12(11)27-14/h1-7H. The summed E-state index contributed by atoms with van der Waals surface area (Å²) in [5, 5.41) is 22.2. The molecule has 13 heteroatoms. The van der Waals surface area contributed by atoms with Gasteiger partial charge in [-0.25, -0.2) is 4.98 Å². The van der Waals surface area contributed by atoms with Crippen LogP contribution in [0, 0.1) is 10.1 Å². The number of thiazole rings is 1. The number of alkyl halides is 3. The molecule has 4 aromatic rings. The molecule has 2 aromatic heterocycles. The van der Waals surface area contributed by atoms with Crippen LogP contribution in [-0.2, 0) is 6.18 Å². The predicted octanol–water partition coefficient (Wildman–Crippen LogP) is 4.35. The molecule has 0 atom stereocenters. The smallest absolute Gasteiger partial charge is 0.258 e. The second-order valence-electron chi connectivity index (χ2n) is 5.41. The average Bonchev–Trinajstić information content (AvgIpc) is 3.26. The van der Waals surface area contributed by atoms with Crippen molar-refractivity contribution < 1.29 is 18.1 Å². The normalized spacial score (nSPS) is 11.8. The first-order valence-electron chi connectivity index (χ1n) is 7.50. The number of tetrazole rings is 1. The van der Waals surface area contributed by atoms with E-state index >= 15 is 0 Å². The minimum Gasteiger partial charge on any atom is -0.258 e. The van der Waals surface area contributed by atoms with Crippen molar-refractivity contribution in [2.75, 3.05) is 0 Å². The van der Waals surface area contributed by atoms with Crippen LogP contribution in [0.3, 0.4) is 0 Å². The molecule has 0 saturated carbocycles. The van der Waals surface area contributed by atoms with Gasteiger partial charge in [-0.15, -0.1) is 16.4 Å². The molecule has 142 valence electrons. The molecular formula is C15H7F3N6O2S2. The fourth-order valence-electron chi connectivity index (χ4n) is 2.35. The molecule has 0 aliphatic carbocycles. The predicted molar refractivity (Wildman–Crippen MR) is 94.6 cm³/mol. The van der Waals surface area contributed by atoms with Crippen molar-refractivity contribution in [3.63, 3.8) is 0 Å². The van der Waals surface area contributed by atoms with Gasteiger partial charge in [0.05, 0.1) is 26.4 Å². The van der Waals surface area contributed by atoms with Crippen LogP contribution in [0.4, 0.5) is 18.9 Å². The maximum Gasteiger partial charge on any atom is 0.416 e. The average molecular weight is 424 g/mol. The Balaban J connectivity index is 1.67. The van der Waals surface area contributed by atoms with Crippen LogP contribution in [0.1, 0.15) is 5.56 Å². The number of nitro benzene ring substituents is 1. The van der Waals surface area contributed by atoms with Crippen molar-refractivity contribution in [3.8, 4) is 5.69 Å². The van der Waals surface area contributed by atoms with Crippen LogP contribution in [0.2, 0.25) is 0 Å². The van der Waals surface area contributed by atoms with Gasteiger partial charge in [-0.3, -0.25) is 10.1 Å². The van der Waals surface area contributed by atoms with Gasteiger partial charge in [0.25, 0.3) is 5.69 Å². The molecular weight excluding hydrogens is 417 g/mol. The van der Waals surface area contributed by atoms with Gasteiger partial charge >= 0.3 is 6.18 Å². The summed E-state index contributed by atoms with van der Waals surface area (Å²) < 4.78 is 41.1. The Labute approximate surface area is 162 Å². The van der Waals surface area contributed by atoms with Crippen LogP contribution in [0.25, 0.3) is 15.9 Å². The molecule has 0 N–H and O–H groups in total. The molecule has 4 rings (SSSR count). The van der Waals surface area contributed by atoms with Crippen molar-refractivity contribution in [1.82, 2.24) is 25.2 Å². The van der Waals surface area contributed by atoms with E-state index in [4.69, 9.17) is 0 Å². The summed E-state index contributed by atoms with van der Waals surface area (Å²) in [5.74, 6) is 0. The van der Waals surface area contributed by atoms with Crippen molar-refractivity contribution in [2.45, 2.75) is 15.7 Å². The zero-order chi connectivity index (χ0) is 19.9. The summed E-state index contributed by atoms with van der Waals surface area (Å²) in [7, 11) is 0. The molecule has 28 heavy (non-hydrogen) atoms. The van der Waals surface area contributed by atoms with E-state index in [1.807, 2.05) is 0 Å². The quantitative estimate of drug-likeness (QED) is 0.355. The Hall–Kier alpha value is -3.06. The molecule has 0 spiro atoms. The molecule has 0 saturated heterocycles. The molecule has 0 radical (unpaired) electrons. The minimum atomic E-state index is -4.49. The summed E-state index contributed by atoms with van der Waals surface area (Å²) in [6, 6.07) is 8.92. The summed E-state index contributed by atoms with van der Waals surface area (Å²) in [4.78, 5) is 14.7. The summed E-state index contributed by atoms with van der Waals surface area (Å²) in [6.07, 6.45) is -4.49. The van der Waals surface area contributed by atoms with Gasteiger partial charge in [0, 0.05) is 12.1 Å². The van der Waals surface area contributed by atoms with E-state index in [1.165, 1.54) is 46.4 Å². The van der Waals surface area contributed by atoms with Gasteiger partial charge in [0.1, 0.15) is 0 Å². The van der Waals surface area contributed by atoms with Crippen molar-refractivity contribution in [3.05, 3.63) is 58.1 Å². The van der Waals surface area contributed by atoms with E-state index in [2.05, 4.69) is 20.5 Å². The van der Waals surface area contributed by atoms with E-state index in [0.29, 0.717) is 14.6 Å². The van der Waals surface area contributed by atoms with E-state index < -0.39 is 16.7 Å². The van der Waals surface area contributed by atoms with Gasteiger partial charge in [0.2, 0.25) is 5.16 Å². The Morgan fingerprint density at radius 3 is 2.75 bits per heavy atom. The summed E-state index contributed by atoms with van der Waals surface area (Å²) in [6.45, 7) is 0. The molecule has 0 unspecified atom stereocenters. The molecule has 0 bridgehead atoms. The third-order valence-corrected chi connectivity index (χ3v) is 5.62. The van der Waals surface area contributed by atoms with Gasteiger partial charge in [-0.05, 0) is 46.5 Å². The molecule has 0 fully saturated rings. The Kier molecular flexibility index (Phi) is 4.47. The number of fused-ring (bicyclic) bond motifs is 1. The Morgan fingerprint density at radius 2 is 2.00 bits per heavy atom. The minimum absolute atomic E-state index is 0.0542. The highest BCUT2D eigenvalue weighted by Crippen LogP contribution is 2.36. The fourth-order valence-corrected chi connectivity index (χ4v) is 4.34. The van der Waals surface area contributed by atoms with Crippen LogP contribution in [0.5, 0.6) is 0 Å². The Morgan fingerprint density at radius 1 is 1.18 bits per heavy atom. The van der Waals surface area contributed by atoms with Gasteiger partial charge in [0.15, 0.2) is 4.34 Å². The SMILES string of the molecule is O=[N+]([O-])c1ccc2nc(Sc3nnnn3-c3cccc(C(F)(F)F)c3)sc2c1. The maximum absolute atomic E-state index is 12.9. The first-order valence-corrected chi connectivity index (χ1v) is 9.13. The number of aromatic nitrogens is 5. The summed E-state index contributed by atoms with van der Waals surface area (Å²) >= 11 is 2.25. The van der Waals surface area contributed by atoms with E-state index in [9.17, 15) is 23.3 Å². The molecule has 8 nitrogen and oxygen atoms in total. The number of nitro groups is 1. The van der Waals surface area contributed by atoms with Gasteiger partial charge in [-0.2, -0.15) is 17.9 Å². The highest BCUT2D eigenvalue weighted by atomic mass is 32.2. The number of benzene rings is 2. The van der Waals surface area contributed by atoms with E-state index in [0.717, 1.165) is 23.9 Å². The highest BCUT2D eigenvalue weighted by Gasteiger charge is 2.30. The summed E-state index contributed by atoms with van der Waals surface area (Å²) in [5.41, 5.74) is -0.152. The molecule has 2 heterocycles. The zero-order valence-corrected chi connectivity index (χ0v) is 15.1. The molecule has 2 aromatic carbocycles. The van der Waals surface area contributed by atoms with Crippen LogP contribution in [0.15, 0.2) is 52.0 Å². The lowest BCUT2D eigenvalue weighted by Crippen LogP contribution is -2.07. The lowest BCUT2D eigenvalue weighted by Gasteiger charge is -2.08. The van der Waals surface area contributed by atoms with E-state index in [-0.39, 0.29) is 16.5 Å². The maximum atomic E-state index is 12.9. The number of hydrogen-bond donors (Lipinski definition) is 0. The monoisotopic (exact) mass is 424 g/mol. The topological polar surface area (TPSA) is 99.6 Å². The van der Waals surface area contributed by atoms with Crippen LogP contribution in [-0.4, -0.2) is 30.1 Å². The number of non-ortho nitro benzene ring substituents is 1.